The summed E-state index contributed by atoms with van der Waals surface area (Å²) in [4.78, 5) is 21.0. The van der Waals surface area contributed by atoms with Gasteiger partial charge in [0.15, 0.2) is 0 Å². The van der Waals surface area contributed by atoms with Crippen molar-refractivity contribution in [2.75, 3.05) is 0 Å². The Labute approximate surface area is 99.4 Å². The van der Waals surface area contributed by atoms with E-state index in [-0.39, 0.29) is 6.42 Å². The lowest BCUT2D eigenvalue weighted by molar-refractivity contribution is -0.117. The molecule has 0 aromatic heterocycles. The number of nitrogens with zero attached hydrogens (tertiary/aromatic N) is 1. The summed E-state index contributed by atoms with van der Waals surface area (Å²) in [5.41, 5.74) is 2.11. The smallest absolute Gasteiger partial charge is 0.269 e. The van der Waals surface area contributed by atoms with Gasteiger partial charge in [-0.25, -0.2) is 0 Å². The number of carbonyl (C=O) groups is 1. The fourth-order valence-electron chi connectivity index (χ4n) is 1.88. The fourth-order valence-corrected chi connectivity index (χ4v) is 1.88. The Morgan fingerprint density at radius 1 is 1.06 bits per heavy atom. The molecule has 17 heavy (non-hydrogen) atoms. The van der Waals surface area contributed by atoms with Crippen LogP contribution < -0.4 is 0 Å². The van der Waals surface area contributed by atoms with Crippen LogP contribution in [0.25, 0.3) is 10.8 Å². The lowest BCUT2D eigenvalue weighted by Crippen LogP contribution is -1.97. The SMILES string of the molecule is CCc1ccc2cc(CC(=O)N=O)ccc2c1. The third kappa shape index (κ3) is 2.56. The van der Waals surface area contributed by atoms with E-state index in [1.54, 1.807) is 0 Å². The lowest BCUT2D eigenvalue weighted by atomic mass is 10.0. The topological polar surface area (TPSA) is 46.5 Å². The Morgan fingerprint density at radius 3 is 2.24 bits per heavy atom. The zero-order chi connectivity index (χ0) is 12.3. The van der Waals surface area contributed by atoms with Crippen LogP contribution in [0.2, 0.25) is 0 Å². The Kier molecular flexibility index (Phi) is 3.28. The molecule has 2 aromatic carbocycles. The molecule has 0 unspecified atom stereocenters. The van der Waals surface area contributed by atoms with E-state index in [0.717, 1.165) is 22.8 Å². The first kappa shape index (κ1) is 11.5. The molecule has 2 rings (SSSR count). The van der Waals surface area contributed by atoms with Gasteiger partial charge in [0.05, 0.1) is 6.42 Å². The zero-order valence-electron chi connectivity index (χ0n) is 9.64. The molecular formula is C14H13NO2. The van der Waals surface area contributed by atoms with Crippen molar-refractivity contribution < 1.29 is 4.79 Å². The molecule has 3 nitrogen and oxygen atoms in total. The van der Waals surface area contributed by atoms with Crippen LogP contribution in [0.3, 0.4) is 0 Å². The van der Waals surface area contributed by atoms with Crippen LogP contribution in [0.4, 0.5) is 0 Å². The van der Waals surface area contributed by atoms with Gasteiger partial charge in [0.1, 0.15) is 0 Å². The van der Waals surface area contributed by atoms with Crippen LogP contribution in [0, 0.1) is 4.91 Å². The average Bonchev–Trinajstić information content (AvgIpc) is 2.38. The van der Waals surface area contributed by atoms with E-state index >= 15 is 0 Å². The summed E-state index contributed by atoms with van der Waals surface area (Å²) in [6.07, 6.45) is 1.08. The van der Waals surface area contributed by atoms with Crippen molar-refractivity contribution in [2.24, 2.45) is 5.18 Å². The van der Waals surface area contributed by atoms with Gasteiger partial charge in [-0.05, 0) is 28.3 Å². The molecule has 0 atom stereocenters. The summed E-state index contributed by atoms with van der Waals surface area (Å²) in [7, 11) is 0. The van der Waals surface area contributed by atoms with Crippen LogP contribution >= 0.6 is 0 Å². The lowest BCUT2D eigenvalue weighted by Gasteiger charge is -2.03. The average molecular weight is 227 g/mol. The van der Waals surface area contributed by atoms with Crippen LogP contribution in [0.15, 0.2) is 41.6 Å². The summed E-state index contributed by atoms with van der Waals surface area (Å²) < 4.78 is 0. The van der Waals surface area contributed by atoms with Crippen molar-refractivity contribution in [3.05, 3.63) is 52.4 Å². The second-order valence-corrected chi connectivity index (χ2v) is 4.03. The monoisotopic (exact) mass is 227 g/mol. The Bertz CT molecular complexity index is 575. The maximum absolute atomic E-state index is 10.9. The first-order valence-corrected chi connectivity index (χ1v) is 5.60. The minimum absolute atomic E-state index is 0.0783. The Balaban J connectivity index is 2.37. The van der Waals surface area contributed by atoms with Crippen LogP contribution in [-0.4, -0.2) is 5.91 Å². The van der Waals surface area contributed by atoms with Crippen molar-refractivity contribution in [3.63, 3.8) is 0 Å². The van der Waals surface area contributed by atoms with Crippen LogP contribution in [0.1, 0.15) is 18.1 Å². The Hall–Kier alpha value is -2.03. The molecule has 0 N–H and O–H groups in total. The molecular weight excluding hydrogens is 214 g/mol. The number of hydrogen-bond donors (Lipinski definition) is 0. The van der Waals surface area contributed by atoms with Gasteiger partial charge in [0.2, 0.25) is 0 Å². The number of benzene rings is 2. The van der Waals surface area contributed by atoms with Crippen molar-refractivity contribution >= 4 is 16.7 Å². The summed E-state index contributed by atoms with van der Waals surface area (Å²) in [6, 6.07) is 12.0. The van der Waals surface area contributed by atoms with E-state index in [0.29, 0.717) is 0 Å². The summed E-state index contributed by atoms with van der Waals surface area (Å²) >= 11 is 0. The number of rotatable bonds is 3. The second-order valence-electron chi connectivity index (χ2n) is 4.03. The third-order valence-electron chi connectivity index (χ3n) is 2.83. The van der Waals surface area contributed by atoms with Gasteiger partial charge in [0.25, 0.3) is 5.91 Å². The highest BCUT2D eigenvalue weighted by atomic mass is 16.3. The number of fused-ring (bicyclic) bond motifs is 1. The van der Waals surface area contributed by atoms with E-state index in [9.17, 15) is 9.70 Å². The quantitative estimate of drug-likeness (QED) is 0.755. The van der Waals surface area contributed by atoms with Crippen molar-refractivity contribution in [1.29, 1.82) is 0 Å². The minimum atomic E-state index is -0.630. The van der Waals surface area contributed by atoms with Gasteiger partial charge >= 0.3 is 0 Å². The van der Waals surface area contributed by atoms with Crippen molar-refractivity contribution in [3.8, 4) is 0 Å². The molecule has 0 radical (unpaired) electrons. The van der Waals surface area contributed by atoms with Gasteiger partial charge in [-0.15, -0.1) is 4.91 Å². The van der Waals surface area contributed by atoms with Crippen molar-refractivity contribution in [2.45, 2.75) is 19.8 Å². The van der Waals surface area contributed by atoms with E-state index in [1.165, 1.54) is 5.56 Å². The van der Waals surface area contributed by atoms with Gasteiger partial charge in [0, 0.05) is 5.18 Å². The van der Waals surface area contributed by atoms with Gasteiger partial charge in [-0.2, -0.15) is 0 Å². The summed E-state index contributed by atoms with van der Waals surface area (Å²) in [6.45, 7) is 2.12. The number of amides is 1. The molecule has 0 heterocycles. The second kappa shape index (κ2) is 4.87. The van der Waals surface area contributed by atoms with E-state index in [1.807, 2.05) is 24.3 Å². The number of hydrogen-bond acceptors (Lipinski definition) is 2. The molecule has 0 bridgehead atoms. The first-order chi connectivity index (χ1) is 8.22. The summed E-state index contributed by atoms with van der Waals surface area (Å²) in [5, 5.41) is 4.64. The molecule has 0 aliphatic rings. The molecule has 0 spiro atoms. The molecule has 0 fully saturated rings. The number of aryl methyl sites for hydroxylation is 1. The highest BCUT2D eigenvalue weighted by Gasteiger charge is 2.04. The molecule has 86 valence electrons. The van der Waals surface area contributed by atoms with Crippen molar-refractivity contribution in [1.82, 2.24) is 0 Å². The maximum atomic E-state index is 10.9. The molecule has 0 aliphatic heterocycles. The third-order valence-corrected chi connectivity index (χ3v) is 2.83. The molecule has 0 aliphatic carbocycles. The fraction of sp³-hybridized carbons (Fsp3) is 0.214. The zero-order valence-corrected chi connectivity index (χ0v) is 9.64. The predicted molar refractivity (Wildman–Crippen MR) is 67.8 cm³/mol. The van der Waals surface area contributed by atoms with E-state index in [2.05, 4.69) is 24.2 Å². The number of carbonyl (C=O) groups excluding carboxylic acids is 1. The molecule has 1 amide bonds. The maximum Gasteiger partial charge on any atom is 0.290 e. The highest BCUT2D eigenvalue weighted by Crippen LogP contribution is 2.18. The molecule has 0 saturated carbocycles. The normalized spacial score (nSPS) is 10.4. The molecule has 0 saturated heterocycles. The first-order valence-electron chi connectivity index (χ1n) is 5.60. The standard InChI is InChI=1S/C14H13NO2/c1-2-10-3-5-13-8-11(9-14(16)15-17)4-6-12(13)7-10/h3-8H,2,9H2,1H3. The van der Waals surface area contributed by atoms with Gasteiger partial charge < -0.3 is 0 Å². The molecule has 3 heteroatoms. The van der Waals surface area contributed by atoms with Crippen LogP contribution in [-0.2, 0) is 17.6 Å². The van der Waals surface area contributed by atoms with E-state index in [4.69, 9.17) is 0 Å². The number of nitroso groups, excluding NO2 is 1. The predicted octanol–water partition coefficient (Wildman–Crippen LogP) is 3.24. The van der Waals surface area contributed by atoms with Crippen LogP contribution in [0.5, 0.6) is 0 Å². The van der Waals surface area contributed by atoms with Gasteiger partial charge in [-0.1, -0.05) is 43.3 Å². The summed E-state index contributed by atoms with van der Waals surface area (Å²) in [5.74, 6) is -0.630. The van der Waals surface area contributed by atoms with E-state index < -0.39 is 5.91 Å². The largest absolute Gasteiger partial charge is 0.290 e. The van der Waals surface area contributed by atoms with Gasteiger partial charge in [-0.3, -0.25) is 4.79 Å². The Morgan fingerprint density at radius 2 is 1.65 bits per heavy atom. The highest BCUT2D eigenvalue weighted by molar-refractivity contribution is 5.86. The minimum Gasteiger partial charge on any atom is -0.269 e. The molecule has 2 aromatic rings.